The van der Waals surface area contributed by atoms with Crippen LogP contribution in [0.25, 0.3) is 5.57 Å². The molecule has 28 heavy (non-hydrogen) atoms. The largest absolute Gasteiger partial charge is 0.497 e. The quantitative estimate of drug-likeness (QED) is 0.532. The van der Waals surface area contributed by atoms with Crippen molar-refractivity contribution >= 4 is 28.9 Å². The molecule has 3 rings (SSSR count). The lowest BCUT2D eigenvalue weighted by Crippen LogP contribution is -2.34. The normalized spacial score (nSPS) is 19.1. The molecule has 0 heterocycles. The highest BCUT2D eigenvalue weighted by molar-refractivity contribution is 6.30. The summed E-state index contributed by atoms with van der Waals surface area (Å²) in [5.41, 5.74) is 2.15. The van der Waals surface area contributed by atoms with E-state index >= 15 is 0 Å². The van der Waals surface area contributed by atoms with E-state index in [1.165, 1.54) is 18.2 Å². The molecule has 0 fully saturated rings. The van der Waals surface area contributed by atoms with Crippen molar-refractivity contribution in [2.45, 2.75) is 19.3 Å². The Kier molecular flexibility index (Phi) is 6.15. The monoisotopic (exact) mass is 402 g/mol. The van der Waals surface area contributed by atoms with Gasteiger partial charge in [0.15, 0.2) is 5.78 Å². The second kappa shape index (κ2) is 8.57. The number of esters is 1. The van der Waals surface area contributed by atoms with E-state index in [1.807, 2.05) is 12.1 Å². The minimum absolute atomic E-state index is 0.00973. The van der Waals surface area contributed by atoms with Gasteiger partial charge in [0.25, 0.3) is 0 Å². The molecule has 1 aliphatic carbocycles. The van der Waals surface area contributed by atoms with Crippen LogP contribution in [-0.2, 0) is 14.3 Å². The lowest BCUT2D eigenvalue weighted by atomic mass is 9.73. The number of halogens is 2. The summed E-state index contributed by atoms with van der Waals surface area (Å²) in [4.78, 5) is 25.3. The van der Waals surface area contributed by atoms with Crippen LogP contribution in [0.15, 0.2) is 48.5 Å². The van der Waals surface area contributed by atoms with Crippen LogP contribution in [-0.4, -0.2) is 25.5 Å². The number of ether oxygens (including phenoxy) is 2. The smallest absolute Gasteiger partial charge is 0.317 e. The van der Waals surface area contributed by atoms with Gasteiger partial charge in [-0.1, -0.05) is 29.8 Å². The molecule has 146 valence electrons. The molecule has 0 aliphatic heterocycles. The van der Waals surface area contributed by atoms with Crippen LogP contribution in [0.3, 0.4) is 0 Å². The molecule has 0 aromatic heterocycles. The predicted molar refractivity (Wildman–Crippen MR) is 105 cm³/mol. The number of hydrogen-bond acceptors (Lipinski definition) is 4. The minimum Gasteiger partial charge on any atom is -0.497 e. The fraction of sp³-hybridized carbons (Fsp3) is 0.273. The van der Waals surface area contributed by atoms with Crippen molar-refractivity contribution in [3.8, 4) is 5.75 Å². The van der Waals surface area contributed by atoms with Crippen molar-refractivity contribution in [2.75, 3.05) is 13.7 Å². The van der Waals surface area contributed by atoms with Crippen molar-refractivity contribution in [3.63, 3.8) is 0 Å². The number of methoxy groups -OCH3 is 1. The highest BCUT2D eigenvalue weighted by atomic mass is 35.5. The van der Waals surface area contributed by atoms with Crippen molar-refractivity contribution < 1.29 is 23.5 Å². The Morgan fingerprint density at radius 3 is 2.54 bits per heavy atom. The maximum atomic E-state index is 14.0. The van der Waals surface area contributed by atoms with E-state index in [2.05, 4.69) is 0 Å². The molecule has 0 radical (unpaired) electrons. The number of rotatable bonds is 5. The van der Waals surface area contributed by atoms with Gasteiger partial charge >= 0.3 is 5.97 Å². The summed E-state index contributed by atoms with van der Waals surface area (Å²) in [7, 11) is 1.58. The summed E-state index contributed by atoms with van der Waals surface area (Å²) >= 11 is 5.79. The van der Waals surface area contributed by atoms with Gasteiger partial charge in [-0.2, -0.15) is 0 Å². The molecule has 0 N–H and O–H groups in total. The molecular weight excluding hydrogens is 383 g/mol. The second-order valence-electron chi connectivity index (χ2n) is 6.51. The highest BCUT2D eigenvalue weighted by Gasteiger charge is 2.40. The molecule has 2 aromatic carbocycles. The van der Waals surface area contributed by atoms with Crippen LogP contribution in [0.1, 0.15) is 30.4 Å². The summed E-state index contributed by atoms with van der Waals surface area (Å²) in [6, 6.07) is 11.7. The topological polar surface area (TPSA) is 52.6 Å². The molecule has 0 saturated heterocycles. The van der Waals surface area contributed by atoms with Crippen LogP contribution in [0, 0.1) is 11.7 Å². The van der Waals surface area contributed by atoms with Crippen LogP contribution in [0.2, 0.25) is 5.02 Å². The van der Waals surface area contributed by atoms with Gasteiger partial charge in [0.1, 0.15) is 17.5 Å². The first-order valence-electron chi connectivity index (χ1n) is 8.95. The van der Waals surface area contributed by atoms with Crippen LogP contribution < -0.4 is 4.74 Å². The average molecular weight is 403 g/mol. The Labute approximate surface area is 167 Å². The van der Waals surface area contributed by atoms with E-state index in [0.717, 1.165) is 11.1 Å². The Hall–Kier alpha value is -2.66. The zero-order valence-electron chi connectivity index (χ0n) is 15.6. The SMILES string of the molecule is CCOC(=O)[C@@H]1C(=O)C=C(c2ccc(OC)cc2)C[C@H]1c1ccc(Cl)c(F)c1. The number of carbonyl (C=O) groups is 2. The Morgan fingerprint density at radius 1 is 1.21 bits per heavy atom. The average Bonchev–Trinajstić information content (AvgIpc) is 2.69. The van der Waals surface area contributed by atoms with E-state index in [-0.39, 0.29) is 17.4 Å². The van der Waals surface area contributed by atoms with Crippen molar-refractivity contribution in [3.05, 3.63) is 70.5 Å². The number of benzene rings is 2. The Bertz CT molecular complexity index is 921. The van der Waals surface area contributed by atoms with Gasteiger partial charge in [-0.3, -0.25) is 9.59 Å². The van der Waals surface area contributed by atoms with E-state index in [1.54, 1.807) is 32.2 Å². The maximum absolute atomic E-state index is 14.0. The van der Waals surface area contributed by atoms with Gasteiger partial charge in [0.05, 0.1) is 18.7 Å². The van der Waals surface area contributed by atoms with Crippen molar-refractivity contribution in [1.82, 2.24) is 0 Å². The zero-order chi connectivity index (χ0) is 20.3. The Morgan fingerprint density at radius 2 is 1.93 bits per heavy atom. The zero-order valence-corrected chi connectivity index (χ0v) is 16.3. The van der Waals surface area contributed by atoms with Crippen molar-refractivity contribution in [1.29, 1.82) is 0 Å². The first-order valence-corrected chi connectivity index (χ1v) is 9.32. The third-order valence-corrected chi connectivity index (χ3v) is 5.14. The molecular formula is C22H20ClFO4. The summed E-state index contributed by atoms with van der Waals surface area (Å²) < 4.78 is 24.3. The third-order valence-electron chi connectivity index (χ3n) is 4.84. The molecule has 2 atom stereocenters. The summed E-state index contributed by atoms with van der Waals surface area (Å²) in [5.74, 6) is -2.39. The number of carbonyl (C=O) groups excluding carboxylic acids is 2. The summed E-state index contributed by atoms with van der Waals surface area (Å²) in [6.45, 7) is 1.85. The molecule has 4 nitrogen and oxygen atoms in total. The van der Waals surface area contributed by atoms with Gasteiger partial charge in [0.2, 0.25) is 0 Å². The van der Waals surface area contributed by atoms with Gasteiger partial charge in [-0.15, -0.1) is 0 Å². The third kappa shape index (κ3) is 4.09. The highest BCUT2D eigenvalue weighted by Crippen LogP contribution is 2.41. The molecule has 1 aliphatic rings. The van der Waals surface area contributed by atoms with Gasteiger partial charge in [-0.05, 0) is 60.4 Å². The number of hydrogen-bond donors (Lipinski definition) is 0. The van der Waals surface area contributed by atoms with Gasteiger partial charge in [-0.25, -0.2) is 4.39 Å². The second-order valence-corrected chi connectivity index (χ2v) is 6.92. The maximum Gasteiger partial charge on any atom is 0.317 e. The van der Waals surface area contributed by atoms with Crippen LogP contribution >= 0.6 is 11.6 Å². The minimum atomic E-state index is -1.01. The van der Waals surface area contributed by atoms with Gasteiger partial charge < -0.3 is 9.47 Å². The molecule has 0 unspecified atom stereocenters. The molecule has 6 heteroatoms. The predicted octanol–water partition coefficient (Wildman–Crippen LogP) is 4.81. The Balaban J connectivity index is 2.02. The summed E-state index contributed by atoms with van der Waals surface area (Å²) in [5, 5.41) is -0.00973. The fourth-order valence-electron chi connectivity index (χ4n) is 3.45. The van der Waals surface area contributed by atoms with Gasteiger partial charge in [0, 0.05) is 5.92 Å². The molecule has 0 bridgehead atoms. The van der Waals surface area contributed by atoms with Crippen LogP contribution in [0.4, 0.5) is 4.39 Å². The lowest BCUT2D eigenvalue weighted by Gasteiger charge is -2.29. The fourth-order valence-corrected chi connectivity index (χ4v) is 3.56. The van der Waals surface area contributed by atoms with E-state index in [0.29, 0.717) is 17.7 Å². The number of allylic oxidation sites excluding steroid dienone is 2. The molecule has 0 amide bonds. The van der Waals surface area contributed by atoms with E-state index in [4.69, 9.17) is 21.1 Å². The van der Waals surface area contributed by atoms with Crippen molar-refractivity contribution in [2.24, 2.45) is 5.92 Å². The standard InChI is InChI=1S/C22H20ClFO4/c1-3-28-22(26)21-17(14-6-9-18(23)19(24)11-14)10-15(12-20(21)25)13-4-7-16(27-2)8-5-13/h4-9,11-12,17,21H,3,10H2,1-2H3/t17-,21-/m0/s1. The summed E-state index contributed by atoms with van der Waals surface area (Å²) in [6.07, 6.45) is 1.87. The lowest BCUT2D eigenvalue weighted by molar-refractivity contribution is -0.151. The van der Waals surface area contributed by atoms with E-state index < -0.39 is 23.6 Å². The molecule has 0 spiro atoms. The first-order chi connectivity index (χ1) is 13.4. The number of ketones is 1. The van der Waals surface area contributed by atoms with Crippen LogP contribution in [0.5, 0.6) is 5.75 Å². The first kappa shape index (κ1) is 20.1. The van der Waals surface area contributed by atoms with E-state index in [9.17, 15) is 14.0 Å². The molecule has 2 aromatic rings. The molecule has 0 saturated carbocycles.